The molecular formula is C16H23N5OS. The largest absolute Gasteiger partial charge is 0.345 e. The maximum atomic E-state index is 12.8. The van der Waals surface area contributed by atoms with Crippen LogP contribution in [0.5, 0.6) is 0 Å². The summed E-state index contributed by atoms with van der Waals surface area (Å²) in [4.78, 5) is 25.7. The Labute approximate surface area is 140 Å². The molecule has 0 bridgehead atoms. The van der Waals surface area contributed by atoms with Gasteiger partial charge in [0.1, 0.15) is 11.9 Å². The van der Waals surface area contributed by atoms with Gasteiger partial charge in [0.25, 0.3) is 0 Å². The van der Waals surface area contributed by atoms with Gasteiger partial charge >= 0.3 is 0 Å². The van der Waals surface area contributed by atoms with Crippen molar-refractivity contribution < 1.29 is 4.79 Å². The van der Waals surface area contributed by atoms with Crippen molar-refractivity contribution in [3.05, 3.63) is 29.8 Å². The number of amides is 1. The maximum absolute atomic E-state index is 12.8. The molecule has 0 spiro atoms. The fourth-order valence-electron chi connectivity index (χ4n) is 2.97. The predicted molar refractivity (Wildman–Crippen MR) is 91.9 cm³/mol. The van der Waals surface area contributed by atoms with Crippen LogP contribution in [0.25, 0.3) is 0 Å². The second kappa shape index (κ2) is 6.70. The Hall–Kier alpha value is -1.89. The molecule has 1 aliphatic heterocycles. The van der Waals surface area contributed by atoms with Gasteiger partial charge in [-0.15, -0.1) is 11.3 Å². The highest BCUT2D eigenvalue weighted by Gasteiger charge is 2.27. The lowest BCUT2D eigenvalue weighted by atomic mass is 10.2. The van der Waals surface area contributed by atoms with Crippen molar-refractivity contribution in [1.82, 2.24) is 19.4 Å². The van der Waals surface area contributed by atoms with Crippen LogP contribution >= 0.6 is 11.3 Å². The van der Waals surface area contributed by atoms with E-state index in [-0.39, 0.29) is 11.9 Å². The van der Waals surface area contributed by atoms with E-state index in [1.165, 1.54) is 0 Å². The summed E-state index contributed by atoms with van der Waals surface area (Å²) in [6, 6.07) is -0.207. The van der Waals surface area contributed by atoms with Crippen LogP contribution < -0.4 is 4.90 Å². The van der Waals surface area contributed by atoms with Crippen LogP contribution in [-0.4, -0.2) is 51.5 Å². The number of rotatable bonds is 4. The molecule has 0 N–H and O–H groups in total. The minimum Gasteiger partial charge on any atom is -0.345 e. The van der Waals surface area contributed by atoms with E-state index in [1.807, 2.05) is 34.2 Å². The first kappa shape index (κ1) is 16.0. The van der Waals surface area contributed by atoms with Gasteiger partial charge < -0.3 is 14.4 Å². The second-order valence-corrected chi connectivity index (χ2v) is 7.02. The van der Waals surface area contributed by atoms with E-state index in [1.54, 1.807) is 17.5 Å². The van der Waals surface area contributed by atoms with Crippen molar-refractivity contribution >= 4 is 22.4 Å². The summed E-state index contributed by atoms with van der Waals surface area (Å²) in [5, 5.41) is 3.03. The van der Waals surface area contributed by atoms with Gasteiger partial charge in [-0.3, -0.25) is 4.79 Å². The molecule has 23 heavy (non-hydrogen) atoms. The molecule has 1 aliphatic rings. The standard InChI is InChI=1S/C16H23N5OS/c1-12(2)14-17-4-6-21(14)13(3)15(22)19-7-9-20(10-8-19)16-18-5-11-23-16/h4-6,11-13H,7-10H2,1-3H3/t13-/m1/s1. The van der Waals surface area contributed by atoms with Crippen LogP contribution in [0.1, 0.15) is 38.6 Å². The first-order chi connectivity index (χ1) is 11.1. The number of thiazole rings is 1. The Morgan fingerprint density at radius 2 is 1.87 bits per heavy atom. The SMILES string of the molecule is CC(C)c1nccn1[C@H](C)C(=O)N1CCN(c2nccs2)CC1. The molecule has 0 aliphatic carbocycles. The van der Waals surface area contributed by atoms with Crippen molar-refractivity contribution in [1.29, 1.82) is 0 Å². The molecule has 0 radical (unpaired) electrons. The van der Waals surface area contributed by atoms with Gasteiger partial charge in [0.2, 0.25) is 5.91 Å². The molecule has 0 unspecified atom stereocenters. The lowest BCUT2D eigenvalue weighted by Crippen LogP contribution is -2.50. The molecule has 0 saturated carbocycles. The molecule has 1 amide bonds. The van der Waals surface area contributed by atoms with Crippen LogP contribution in [0.3, 0.4) is 0 Å². The molecule has 7 heteroatoms. The van der Waals surface area contributed by atoms with Crippen LogP contribution in [0.15, 0.2) is 24.0 Å². The van der Waals surface area contributed by atoms with E-state index in [2.05, 4.69) is 28.7 Å². The van der Waals surface area contributed by atoms with Gasteiger partial charge in [-0.2, -0.15) is 0 Å². The van der Waals surface area contributed by atoms with Crippen LogP contribution in [-0.2, 0) is 4.79 Å². The summed E-state index contributed by atoms with van der Waals surface area (Å²) in [6.45, 7) is 9.33. The minimum absolute atomic E-state index is 0.170. The third kappa shape index (κ3) is 3.24. The van der Waals surface area contributed by atoms with Crippen molar-refractivity contribution in [3.63, 3.8) is 0 Å². The average Bonchev–Trinajstić information content (AvgIpc) is 3.24. The normalized spacial score (nSPS) is 16.9. The number of imidazole rings is 1. The lowest BCUT2D eigenvalue weighted by molar-refractivity contribution is -0.134. The average molecular weight is 333 g/mol. The van der Waals surface area contributed by atoms with Crippen molar-refractivity contribution in [3.8, 4) is 0 Å². The second-order valence-electron chi connectivity index (χ2n) is 6.15. The Bertz CT molecular complexity index is 643. The Balaban J connectivity index is 1.64. The van der Waals surface area contributed by atoms with E-state index < -0.39 is 0 Å². The smallest absolute Gasteiger partial charge is 0.245 e. The number of hydrogen-bond acceptors (Lipinski definition) is 5. The number of piperazine rings is 1. The Morgan fingerprint density at radius 1 is 1.13 bits per heavy atom. The summed E-state index contributed by atoms with van der Waals surface area (Å²) in [5.41, 5.74) is 0. The van der Waals surface area contributed by atoms with E-state index in [9.17, 15) is 4.79 Å². The number of carbonyl (C=O) groups is 1. The number of anilines is 1. The summed E-state index contributed by atoms with van der Waals surface area (Å²) in [5.74, 6) is 1.44. The number of carbonyl (C=O) groups excluding carboxylic acids is 1. The molecule has 0 aromatic carbocycles. The van der Waals surface area contributed by atoms with E-state index in [0.717, 1.165) is 37.1 Å². The van der Waals surface area contributed by atoms with Gasteiger partial charge in [0.05, 0.1) is 0 Å². The van der Waals surface area contributed by atoms with Crippen molar-refractivity contribution in [2.24, 2.45) is 0 Å². The van der Waals surface area contributed by atoms with Crippen LogP contribution in [0, 0.1) is 0 Å². The molecule has 3 heterocycles. The predicted octanol–water partition coefficient (Wildman–Crippen LogP) is 2.37. The highest BCUT2D eigenvalue weighted by molar-refractivity contribution is 7.13. The zero-order chi connectivity index (χ0) is 16.4. The Kier molecular flexibility index (Phi) is 4.66. The van der Waals surface area contributed by atoms with E-state index in [0.29, 0.717) is 5.92 Å². The highest BCUT2D eigenvalue weighted by Crippen LogP contribution is 2.22. The van der Waals surface area contributed by atoms with Crippen molar-refractivity contribution in [2.75, 3.05) is 31.1 Å². The van der Waals surface area contributed by atoms with Crippen molar-refractivity contribution in [2.45, 2.75) is 32.7 Å². The van der Waals surface area contributed by atoms with Gasteiger partial charge in [0, 0.05) is 56.1 Å². The summed E-state index contributed by atoms with van der Waals surface area (Å²) in [6.07, 6.45) is 5.51. The topological polar surface area (TPSA) is 54.3 Å². The molecule has 2 aromatic rings. The van der Waals surface area contributed by atoms with Gasteiger partial charge in [-0.25, -0.2) is 9.97 Å². The van der Waals surface area contributed by atoms with Gasteiger partial charge in [-0.1, -0.05) is 13.8 Å². The summed E-state index contributed by atoms with van der Waals surface area (Å²) in [7, 11) is 0. The van der Waals surface area contributed by atoms with E-state index >= 15 is 0 Å². The maximum Gasteiger partial charge on any atom is 0.245 e. The number of hydrogen-bond donors (Lipinski definition) is 0. The zero-order valence-electron chi connectivity index (χ0n) is 13.8. The first-order valence-corrected chi connectivity index (χ1v) is 8.92. The van der Waals surface area contributed by atoms with Gasteiger partial charge in [-0.05, 0) is 6.92 Å². The minimum atomic E-state index is -0.207. The highest BCUT2D eigenvalue weighted by atomic mass is 32.1. The molecule has 1 atom stereocenters. The third-order valence-electron chi connectivity index (χ3n) is 4.27. The van der Waals surface area contributed by atoms with Crippen LogP contribution in [0.2, 0.25) is 0 Å². The fourth-order valence-corrected chi connectivity index (χ4v) is 3.67. The quantitative estimate of drug-likeness (QED) is 0.862. The summed E-state index contributed by atoms with van der Waals surface area (Å²) >= 11 is 1.65. The molecular weight excluding hydrogens is 310 g/mol. The Morgan fingerprint density at radius 3 is 2.48 bits per heavy atom. The molecule has 2 aromatic heterocycles. The number of aromatic nitrogens is 3. The monoisotopic (exact) mass is 333 g/mol. The van der Waals surface area contributed by atoms with Gasteiger partial charge in [0.15, 0.2) is 5.13 Å². The van der Waals surface area contributed by atoms with E-state index in [4.69, 9.17) is 0 Å². The fraction of sp³-hybridized carbons (Fsp3) is 0.562. The third-order valence-corrected chi connectivity index (χ3v) is 5.10. The zero-order valence-corrected chi connectivity index (χ0v) is 14.7. The first-order valence-electron chi connectivity index (χ1n) is 8.04. The summed E-state index contributed by atoms with van der Waals surface area (Å²) < 4.78 is 2.00. The lowest BCUT2D eigenvalue weighted by Gasteiger charge is -2.36. The molecule has 1 saturated heterocycles. The number of nitrogens with zero attached hydrogens (tertiary/aromatic N) is 5. The van der Waals surface area contributed by atoms with Crippen LogP contribution in [0.4, 0.5) is 5.13 Å². The molecule has 1 fully saturated rings. The molecule has 124 valence electrons. The molecule has 6 nitrogen and oxygen atoms in total. The molecule has 3 rings (SSSR count).